The van der Waals surface area contributed by atoms with Gasteiger partial charge in [0, 0.05) is 38.2 Å². The highest BCUT2D eigenvalue weighted by Crippen LogP contribution is 2.43. The van der Waals surface area contributed by atoms with Gasteiger partial charge in [-0.2, -0.15) is 0 Å². The summed E-state index contributed by atoms with van der Waals surface area (Å²) in [6, 6.07) is 17.9. The third-order valence-electron chi connectivity index (χ3n) is 7.18. The summed E-state index contributed by atoms with van der Waals surface area (Å²) in [6.07, 6.45) is 9.25. The Bertz CT molecular complexity index is 868. The molecule has 3 aliphatic rings. The lowest BCUT2D eigenvalue weighted by Crippen LogP contribution is -2.50. The van der Waals surface area contributed by atoms with Crippen LogP contribution in [0.25, 0.3) is 0 Å². The molecular weight excluding hydrogens is 372 g/mol. The number of likely N-dealkylation sites (tertiary alicyclic amines) is 1. The van der Waals surface area contributed by atoms with E-state index in [9.17, 15) is 4.79 Å². The summed E-state index contributed by atoms with van der Waals surface area (Å²) >= 11 is 0. The van der Waals surface area contributed by atoms with Gasteiger partial charge in [-0.25, -0.2) is 0 Å². The van der Waals surface area contributed by atoms with Gasteiger partial charge in [0.25, 0.3) is 0 Å². The number of carbonyl (C=O) groups is 1. The van der Waals surface area contributed by atoms with Crippen LogP contribution in [0.2, 0.25) is 0 Å². The Balaban J connectivity index is 1.35. The number of nitrogens with zero attached hydrogens (tertiary/aromatic N) is 2. The minimum atomic E-state index is -0.389. The number of fused-ring (bicyclic) bond motifs is 1. The van der Waals surface area contributed by atoms with E-state index in [0.29, 0.717) is 6.42 Å². The molecular formula is C26H32N2O2. The van der Waals surface area contributed by atoms with Crippen molar-refractivity contribution in [3.05, 3.63) is 54.6 Å². The Morgan fingerprint density at radius 3 is 2.37 bits per heavy atom. The van der Waals surface area contributed by atoms with E-state index >= 15 is 0 Å². The van der Waals surface area contributed by atoms with Crippen molar-refractivity contribution in [2.24, 2.45) is 5.92 Å². The molecule has 2 heterocycles. The first-order valence-electron chi connectivity index (χ1n) is 11.6. The number of amides is 1. The van der Waals surface area contributed by atoms with Gasteiger partial charge >= 0.3 is 0 Å². The average molecular weight is 405 g/mol. The maximum Gasteiger partial charge on any atom is 0.235 e. The zero-order valence-corrected chi connectivity index (χ0v) is 17.8. The van der Waals surface area contributed by atoms with Crippen LogP contribution in [-0.2, 0) is 4.79 Å². The Labute approximate surface area is 179 Å². The minimum absolute atomic E-state index is 0.131. The molecule has 1 amide bonds. The second-order valence-corrected chi connectivity index (χ2v) is 9.30. The molecule has 0 N–H and O–H groups in total. The van der Waals surface area contributed by atoms with Crippen molar-refractivity contribution in [1.82, 2.24) is 4.90 Å². The summed E-state index contributed by atoms with van der Waals surface area (Å²) in [4.78, 5) is 17.9. The highest BCUT2D eigenvalue weighted by molar-refractivity contribution is 6.03. The van der Waals surface area contributed by atoms with Crippen molar-refractivity contribution in [3.8, 4) is 5.75 Å². The number of ether oxygens (including phenoxy) is 1. The predicted octanol–water partition coefficient (Wildman–Crippen LogP) is 5.55. The molecule has 1 aliphatic carbocycles. The fourth-order valence-electron chi connectivity index (χ4n) is 5.50. The second kappa shape index (κ2) is 8.43. The van der Waals surface area contributed by atoms with Crippen LogP contribution in [0.4, 0.5) is 11.4 Å². The zero-order chi connectivity index (χ0) is 20.4. The van der Waals surface area contributed by atoms with E-state index in [1.165, 1.54) is 38.6 Å². The number of hydrogen-bond donors (Lipinski definition) is 0. The Morgan fingerprint density at radius 2 is 1.60 bits per heavy atom. The van der Waals surface area contributed by atoms with E-state index < -0.39 is 0 Å². The van der Waals surface area contributed by atoms with Gasteiger partial charge in [-0.1, -0.05) is 49.6 Å². The molecule has 4 nitrogen and oxygen atoms in total. The highest BCUT2D eigenvalue weighted by atomic mass is 16.5. The molecule has 0 radical (unpaired) electrons. The molecule has 2 aliphatic heterocycles. The molecule has 0 unspecified atom stereocenters. The van der Waals surface area contributed by atoms with Crippen LogP contribution < -0.4 is 9.64 Å². The molecule has 4 heteroatoms. The van der Waals surface area contributed by atoms with Gasteiger partial charge in [-0.3, -0.25) is 9.69 Å². The first-order chi connectivity index (χ1) is 14.7. The lowest BCUT2D eigenvalue weighted by molar-refractivity contribution is -0.122. The summed E-state index contributed by atoms with van der Waals surface area (Å²) in [5, 5.41) is 0. The lowest BCUT2D eigenvalue weighted by Gasteiger charge is -2.42. The number of piperidine rings is 1. The summed E-state index contributed by atoms with van der Waals surface area (Å²) in [5.74, 6) is 1.82. The van der Waals surface area contributed by atoms with Crippen molar-refractivity contribution in [2.45, 2.75) is 57.0 Å². The van der Waals surface area contributed by atoms with Crippen molar-refractivity contribution in [3.63, 3.8) is 0 Å². The third-order valence-corrected chi connectivity index (χ3v) is 7.18. The minimum Gasteiger partial charge on any atom is -0.484 e. The van der Waals surface area contributed by atoms with Crippen LogP contribution in [-0.4, -0.2) is 36.0 Å². The van der Waals surface area contributed by atoms with Gasteiger partial charge in [0.1, 0.15) is 11.4 Å². The van der Waals surface area contributed by atoms with Crippen LogP contribution in [0.15, 0.2) is 54.6 Å². The molecule has 30 heavy (non-hydrogen) atoms. The first-order valence-corrected chi connectivity index (χ1v) is 11.6. The highest BCUT2D eigenvalue weighted by Gasteiger charge is 2.43. The maximum absolute atomic E-state index is 13.5. The molecule has 1 saturated heterocycles. The molecule has 2 fully saturated rings. The molecule has 0 atom stereocenters. The number of carbonyl (C=O) groups excluding carboxylic acids is 1. The van der Waals surface area contributed by atoms with E-state index in [2.05, 4.69) is 4.90 Å². The summed E-state index contributed by atoms with van der Waals surface area (Å²) < 4.78 is 6.66. The van der Waals surface area contributed by atoms with Crippen molar-refractivity contribution < 1.29 is 9.53 Å². The molecule has 0 aromatic heterocycles. The normalized spacial score (nSPS) is 22.4. The number of hydrogen-bond acceptors (Lipinski definition) is 3. The monoisotopic (exact) mass is 404 g/mol. The van der Waals surface area contributed by atoms with E-state index in [4.69, 9.17) is 4.74 Å². The Hall–Kier alpha value is -2.33. The van der Waals surface area contributed by atoms with E-state index in [0.717, 1.165) is 49.0 Å². The Kier molecular flexibility index (Phi) is 5.51. The topological polar surface area (TPSA) is 32.8 Å². The number of anilines is 2. The fraction of sp³-hybridized carbons (Fsp3) is 0.500. The zero-order valence-electron chi connectivity index (χ0n) is 17.8. The second-order valence-electron chi connectivity index (χ2n) is 9.30. The summed E-state index contributed by atoms with van der Waals surface area (Å²) in [7, 11) is 0. The lowest BCUT2D eigenvalue weighted by atomic mass is 9.85. The van der Waals surface area contributed by atoms with Crippen LogP contribution >= 0.6 is 0 Å². The number of benzene rings is 2. The van der Waals surface area contributed by atoms with Crippen LogP contribution in [0.3, 0.4) is 0 Å². The van der Waals surface area contributed by atoms with Crippen LogP contribution in [0, 0.1) is 5.92 Å². The largest absolute Gasteiger partial charge is 0.484 e. The van der Waals surface area contributed by atoms with Gasteiger partial charge in [0.2, 0.25) is 5.91 Å². The smallest absolute Gasteiger partial charge is 0.235 e. The molecule has 2 aromatic carbocycles. The number of para-hydroxylation sites is 3. The van der Waals surface area contributed by atoms with E-state index in [1.54, 1.807) is 0 Å². The predicted molar refractivity (Wildman–Crippen MR) is 120 cm³/mol. The van der Waals surface area contributed by atoms with E-state index in [-0.39, 0.29) is 11.5 Å². The summed E-state index contributed by atoms with van der Waals surface area (Å²) in [6.45, 7) is 3.27. The van der Waals surface area contributed by atoms with Gasteiger partial charge in [-0.05, 0) is 43.0 Å². The van der Waals surface area contributed by atoms with Gasteiger partial charge in [-0.15, -0.1) is 0 Å². The molecule has 0 bridgehead atoms. The van der Waals surface area contributed by atoms with E-state index in [1.807, 2.05) is 59.5 Å². The molecule has 5 rings (SSSR count). The quantitative estimate of drug-likeness (QED) is 0.672. The van der Waals surface area contributed by atoms with Gasteiger partial charge in [0.05, 0.1) is 12.1 Å². The Morgan fingerprint density at radius 1 is 0.900 bits per heavy atom. The van der Waals surface area contributed by atoms with Crippen molar-refractivity contribution in [2.75, 3.05) is 24.5 Å². The van der Waals surface area contributed by atoms with Crippen molar-refractivity contribution >= 4 is 17.3 Å². The van der Waals surface area contributed by atoms with Crippen LogP contribution in [0.1, 0.15) is 51.4 Å². The average Bonchev–Trinajstić information content (AvgIpc) is 2.90. The molecule has 158 valence electrons. The standard InChI is InChI=1S/C26H32N2O2/c29-25-19-26(15-17-27(18-16-26)20-21-9-3-1-4-10-21)30-24-14-8-7-13-23(24)28(25)22-11-5-2-6-12-22/h2,5-8,11-14,21H,1,3-4,9-10,15-20H2. The number of rotatable bonds is 3. The van der Waals surface area contributed by atoms with Gasteiger partial charge < -0.3 is 9.64 Å². The maximum atomic E-state index is 13.5. The summed E-state index contributed by atoms with van der Waals surface area (Å²) in [5.41, 5.74) is 1.38. The molecule has 1 spiro atoms. The molecule has 2 aromatic rings. The van der Waals surface area contributed by atoms with Crippen molar-refractivity contribution in [1.29, 1.82) is 0 Å². The first kappa shape index (κ1) is 19.6. The molecule has 1 saturated carbocycles. The SMILES string of the molecule is O=C1CC2(CCN(CC3CCCCC3)CC2)Oc2ccccc2N1c1ccccc1. The third kappa shape index (κ3) is 3.98. The fourth-order valence-corrected chi connectivity index (χ4v) is 5.50. The van der Waals surface area contributed by atoms with Crippen LogP contribution in [0.5, 0.6) is 5.75 Å². The van der Waals surface area contributed by atoms with Gasteiger partial charge in [0.15, 0.2) is 0 Å².